The van der Waals surface area contributed by atoms with E-state index in [0.717, 1.165) is 9.13 Å². The number of rotatable bonds is 2. The Kier molecular flexibility index (Phi) is 3.86. The van der Waals surface area contributed by atoms with Crippen LogP contribution in [-0.4, -0.2) is 20.5 Å². The minimum absolute atomic E-state index is 0.0548. The van der Waals surface area contributed by atoms with E-state index in [2.05, 4.69) is 4.99 Å². The van der Waals surface area contributed by atoms with Crippen molar-refractivity contribution in [3.05, 3.63) is 49.6 Å². The summed E-state index contributed by atoms with van der Waals surface area (Å²) in [7, 11) is 2.77. The number of nitrogen functional groups attached to an aromatic ring is 1. The second-order valence-corrected chi connectivity index (χ2v) is 4.78. The van der Waals surface area contributed by atoms with Gasteiger partial charge in [-0.25, -0.2) is 9.79 Å². The third-order valence-corrected chi connectivity index (χ3v) is 3.34. The zero-order chi connectivity index (χ0) is 15.7. The predicted octanol–water partition coefficient (Wildman–Crippen LogP) is 0.776. The van der Waals surface area contributed by atoms with Crippen LogP contribution in [0.25, 0.3) is 0 Å². The Bertz CT molecular complexity index is 852. The topological polar surface area (TPSA) is 103 Å². The van der Waals surface area contributed by atoms with Crippen molar-refractivity contribution in [3.63, 3.8) is 0 Å². The van der Waals surface area contributed by atoms with Gasteiger partial charge in [0.2, 0.25) is 0 Å². The van der Waals surface area contributed by atoms with Crippen molar-refractivity contribution in [2.45, 2.75) is 0 Å². The highest BCUT2D eigenvalue weighted by molar-refractivity contribution is 6.32. The average Bonchev–Trinajstić information content (AvgIpc) is 2.47. The maximum Gasteiger partial charge on any atom is 0.332 e. The van der Waals surface area contributed by atoms with Gasteiger partial charge in [-0.3, -0.25) is 13.9 Å². The average molecular weight is 309 g/mol. The number of benzene rings is 1. The van der Waals surface area contributed by atoms with Crippen LogP contribution in [0.15, 0.2) is 32.8 Å². The molecule has 0 aliphatic carbocycles. The standard InChI is InChI=1S/C13H13ClN4O3/c1-17-11(15)9(12(20)18(2)13(17)21)16-6-7-4-3-5-8(14)10(7)19/h3-6,19H,15H2,1-2H3. The number of hydrogen-bond donors (Lipinski definition) is 2. The number of aromatic hydroxyl groups is 1. The van der Waals surface area contributed by atoms with Gasteiger partial charge in [0.1, 0.15) is 11.6 Å². The summed E-state index contributed by atoms with van der Waals surface area (Å²) in [6.07, 6.45) is 1.26. The smallest absolute Gasteiger partial charge is 0.332 e. The molecule has 0 bridgehead atoms. The van der Waals surface area contributed by atoms with Gasteiger partial charge >= 0.3 is 5.69 Å². The molecule has 0 amide bonds. The summed E-state index contributed by atoms with van der Waals surface area (Å²) >= 11 is 5.78. The molecule has 110 valence electrons. The van der Waals surface area contributed by atoms with Crippen LogP contribution >= 0.6 is 11.6 Å². The number of aliphatic imine (C=N–C) groups is 1. The zero-order valence-corrected chi connectivity index (χ0v) is 12.1. The van der Waals surface area contributed by atoms with Crippen molar-refractivity contribution in [1.82, 2.24) is 9.13 Å². The van der Waals surface area contributed by atoms with Crippen LogP contribution in [0.2, 0.25) is 5.02 Å². The van der Waals surface area contributed by atoms with Gasteiger partial charge in [-0.05, 0) is 12.1 Å². The van der Waals surface area contributed by atoms with E-state index in [-0.39, 0.29) is 22.3 Å². The van der Waals surface area contributed by atoms with E-state index >= 15 is 0 Å². The van der Waals surface area contributed by atoms with Crippen molar-refractivity contribution < 1.29 is 5.11 Å². The van der Waals surface area contributed by atoms with Crippen LogP contribution in [-0.2, 0) is 14.1 Å². The van der Waals surface area contributed by atoms with Gasteiger partial charge < -0.3 is 10.8 Å². The number of phenols is 1. The summed E-state index contributed by atoms with van der Waals surface area (Å²) in [6.45, 7) is 0. The number of para-hydroxylation sites is 1. The maximum absolute atomic E-state index is 12.0. The van der Waals surface area contributed by atoms with Crippen LogP contribution in [0, 0.1) is 0 Å². The van der Waals surface area contributed by atoms with Crippen molar-refractivity contribution in [2.75, 3.05) is 5.73 Å². The van der Waals surface area contributed by atoms with Gasteiger partial charge in [0.25, 0.3) is 5.56 Å². The summed E-state index contributed by atoms with van der Waals surface area (Å²) in [5.74, 6) is -0.205. The van der Waals surface area contributed by atoms with E-state index in [1.807, 2.05) is 0 Å². The molecule has 1 aromatic heterocycles. The minimum atomic E-state index is -0.617. The lowest BCUT2D eigenvalue weighted by molar-refractivity contribution is 0.475. The molecule has 1 aromatic carbocycles. The molecule has 0 aliphatic rings. The molecule has 8 heteroatoms. The highest BCUT2D eigenvalue weighted by Gasteiger charge is 2.12. The van der Waals surface area contributed by atoms with Gasteiger partial charge in [0.15, 0.2) is 5.69 Å². The fourth-order valence-corrected chi connectivity index (χ4v) is 1.92. The Morgan fingerprint density at radius 1 is 1.29 bits per heavy atom. The van der Waals surface area contributed by atoms with Gasteiger partial charge in [-0.2, -0.15) is 0 Å². The Labute approximate surface area is 124 Å². The lowest BCUT2D eigenvalue weighted by atomic mass is 10.2. The number of halogens is 1. The van der Waals surface area contributed by atoms with Crippen molar-refractivity contribution in [1.29, 1.82) is 0 Å². The predicted molar refractivity (Wildman–Crippen MR) is 81.7 cm³/mol. The molecule has 7 nitrogen and oxygen atoms in total. The molecular weight excluding hydrogens is 296 g/mol. The maximum atomic E-state index is 12.0. The second kappa shape index (κ2) is 5.45. The SMILES string of the molecule is Cn1c(N)c(N=Cc2cccc(Cl)c2O)c(=O)n(C)c1=O. The first kappa shape index (κ1) is 14.9. The quantitative estimate of drug-likeness (QED) is 0.800. The highest BCUT2D eigenvalue weighted by atomic mass is 35.5. The molecule has 2 aromatic rings. The van der Waals surface area contributed by atoms with Crippen LogP contribution < -0.4 is 17.0 Å². The third kappa shape index (κ3) is 2.55. The minimum Gasteiger partial charge on any atom is -0.506 e. The Balaban J connectivity index is 2.60. The summed E-state index contributed by atoms with van der Waals surface area (Å²) in [6, 6.07) is 4.73. The molecule has 0 radical (unpaired) electrons. The summed E-state index contributed by atoms with van der Waals surface area (Å²) in [5, 5.41) is 9.94. The number of nitrogens with two attached hydrogens (primary N) is 1. The largest absolute Gasteiger partial charge is 0.506 e. The number of aromatic nitrogens is 2. The zero-order valence-electron chi connectivity index (χ0n) is 11.4. The van der Waals surface area contributed by atoms with E-state index in [4.69, 9.17) is 17.3 Å². The number of anilines is 1. The number of nitrogens with zero attached hydrogens (tertiary/aromatic N) is 3. The fourth-order valence-electron chi connectivity index (χ4n) is 1.73. The summed E-state index contributed by atoms with van der Waals surface area (Å²) in [4.78, 5) is 27.7. The lowest BCUT2D eigenvalue weighted by Crippen LogP contribution is -2.37. The molecule has 0 saturated heterocycles. The van der Waals surface area contributed by atoms with Crippen molar-refractivity contribution >= 4 is 29.3 Å². The lowest BCUT2D eigenvalue weighted by Gasteiger charge is -2.08. The summed E-state index contributed by atoms with van der Waals surface area (Å²) in [5.41, 5.74) is 4.82. The van der Waals surface area contributed by atoms with Gasteiger partial charge in [0, 0.05) is 25.9 Å². The normalized spacial score (nSPS) is 11.2. The second-order valence-electron chi connectivity index (χ2n) is 4.38. The Morgan fingerprint density at radius 2 is 1.95 bits per heavy atom. The monoisotopic (exact) mass is 308 g/mol. The molecule has 0 atom stereocenters. The summed E-state index contributed by atoms with van der Waals surface area (Å²) < 4.78 is 2.02. The number of hydrogen-bond acceptors (Lipinski definition) is 5. The Morgan fingerprint density at radius 3 is 2.62 bits per heavy atom. The first-order valence-corrected chi connectivity index (χ1v) is 6.29. The molecular formula is C13H13ClN4O3. The molecule has 21 heavy (non-hydrogen) atoms. The molecule has 3 N–H and O–H groups in total. The molecule has 2 rings (SSSR count). The van der Waals surface area contributed by atoms with Crippen molar-refractivity contribution in [2.24, 2.45) is 19.1 Å². The van der Waals surface area contributed by atoms with E-state index in [1.165, 1.54) is 26.4 Å². The van der Waals surface area contributed by atoms with Crippen molar-refractivity contribution in [3.8, 4) is 5.75 Å². The number of phenolic OH excluding ortho intramolecular Hbond substituents is 1. The van der Waals surface area contributed by atoms with Gasteiger partial charge in [-0.15, -0.1) is 0 Å². The van der Waals surface area contributed by atoms with E-state index in [0.29, 0.717) is 5.56 Å². The van der Waals surface area contributed by atoms with E-state index in [9.17, 15) is 14.7 Å². The fraction of sp³-hybridized carbons (Fsp3) is 0.154. The Hall–Kier alpha value is -2.54. The molecule has 0 unspecified atom stereocenters. The van der Waals surface area contributed by atoms with Crippen LogP contribution in [0.3, 0.4) is 0 Å². The van der Waals surface area contributed by atoms with E-state index in [1.54, 1.807) is 12.1 Å². The van der Waals surface area contributed by atoms with Crippen LogP contribution in [0.4, 0.5) is 11.5 Å². The molecule has 0 spiro atoms. The van der Waals surface area contributed by atoms with Crippen LogP contribution in [0.1, 0.15) is 5.56 Å². The molecule has 0 fully saturated rings. The van der Waals surface area contributed by atoms with Gasteiger partial charge in [0.05, 0.1) is 5.02 Å². The highest BCUT2D eigenvalue weighted by Crippen LogP contribution is 2.26. The van der Waals surface area contributed by atoms with Crippen LogP contribution in [0.5, 0.6) is 5.75 Å². The molecule has 0 saturated carbocycles. The first-order valence-electron chi connectivity index (χ1n) is 5.91. The molecule has 0 aliphatic heterocycles. The molecule has 1 heterocycles. The third-order valence-electron chi connectivity index (χ3n) is 3.04. The van der Waals surface area contributed by atoms with E-state index < -0.39 is 11.2 Å². The first-order chi connectivity index (χ1) is 9.84. The van der Waals surface area contributed by atoms with Gasteiger partial charge in [-0.1, -0.05) is 17.7 Å².